The van der Waals surface area contributed by atoms with Gasteiger partial charge in [-0.05, 0) is 32.0 Å². The number of hydrazone groups is 1. The minimum Gasteiger partial charge on any atom is -0.493 e. The first-order chi connectivity index (χ1) is 12.1. The Balaban J connectivity index is 1.84. The lowest BCUT2D eigenvalue weighted by atomic mass is 10.1. The van der Waals surface area contributed by atoms with Crippen LogP contribution in [0.2, 0.25) is 0 Å². The molecule has 2 aromatic rings. The maximum absolute atomic E-state index is 11.0. The van der Waals surface area contributed by atoms with E-state index in [4.69, 9.17) is 9.47 Å². The van der Waals surface area contributed by atoms with E-state index in [0.717, 1.165) is 23.3 Å². The normalized spacial score (nSPS) is 15.7. The van der Waals surface area contributed by atoms with Gasteiger partial charge in [-0.15, -0.1) is 0 Å². The van der Waals surface area contributed by atoms with Crippen molar-refractivity contribution in [2.45, 2.75) is 26.4 Å². The molecule has 0 saturated carbocycles. The van der Waals surface area contributed by atoms with Crippen LogP contribution in [-0.2, 0) is 6.42 Å². The topological polar surface area (TPSA) is 86.0 Å². The van der Waals surface area contributed by atoms with Crippen molar-refractivity contribution in [3.63, 3.8) is 0 Å². The van der Waals surface area contributed by atoms with Crippen molar-refractivity contribution in [3.8, 4) is 11.5 Å². The number of hydrogen-bond donors (Lipinski definition) is 1. The molecule has 0 aromatic heterocycles. The molecule has 0 fully saturated rings. The summed E-state index contributed by atoms with van der Waals surface area (Å²) in [5.41, 5.74) is 4.88. The second-order valence-corrected chi connectivity index (χ2v) is 5.71. The summed E-state index contributed by atoms with van der Waals surface area (Å²) < 4.78 is 11.4. The van der Waals surface area contributed by atoms with E-state index in [1.54, 1.807) is 24.4 Å². The molecule has 7 nitrogen and oxygen atoms in total. The van der Waals surface area contributed by atoms with Gasteiger partial charge in [-0.2, -0.15) is 5.10 Å². The molecule has 0 amide bonds. The lowest BCUT2D eigenvalue weighted by Crippen LogP contribution is -2.05. The molecule has 1 heterocycles. The summed E-state index contributed by atoms with van der Waals surface area (Å²) in [6.45, 7) is 4.47. The van der Waals surface area contributed by atoms with E-state index < -0.39 is 4.92 Å². The summed E-state index contributed by atoms with van der Waals surface area (Å²) in [6, 6.07) is 10.2. The van der Waals surface area contributed by atoms with E-state index in [-0.39, 0.29) is 11.8 Å². The van der Waals surface area contributed by atoms with E-state index in [1.807, 2.05) is 26.0 Å². The van der Waals surface area contributed by atoms with Crippen LogP contribution in [0, 0.1) is 10.1 Å². The lowest BCUT2D eigenvalue weighted by molar-refractivity contribution is -0.384. The van der Waals surface area contributed by atoms with Crippen LogP contribution >= 0.6 is 0 Å². The number of anilines is 1. The van der Waals surface area contributed by atoms with E-state index in [1.165, 1.54) is 6.07 Å². The Morgan fingerprint density at radius 2 is 2.24 bits per heavy atom. The molecule has 3 rings (SSSR count). The Kier molecular flexibility index (Phi) is 4.83. The second-order valence-electron chi connectivity index (χ2n) is 5.71. The minimum absolute atomic E-state index is 0.0317. The number of benzene rings is 2. The van der Waals surface area contributed by atoms with Crippen molar-refractivity contribution >= 4 is 17.6 Å². The number of ether oxygens (including phenoxy) is 2. The molecule has 2 aromatic carbocycles. The number of para-hydroxylation sites is 2. The molecule has 130 valence electrons. The minimum atomic E-state index is -0.450. The molecular weight excluding hydrogens is 322 g/mol. The third kappa shape index (κ3) is 3.71. The number of fused-ring (bicyclic) bond motifs is 1. The highest BCUT2D eigenvalue weighted by Crippen LogP contribution is 2.34. The predicted molar refractivity (Wildman–Crippen MR) is 95.7 cm³/mol. The van der Waals surface area contributed by atoms with Crippen LogP contribution in [0.25, 0.3) is 0 Å². The molecule has 0 aliphatic carbocycles. The number of nitrogens with zero attached hydrogens (tertiary/aromatic N) is 2. The molecule has 0 unspecified atom stereocenters. The van der Waals surface area contributed by atoms with E-state index in [2.05, 4.69) is 10.5 Å². The number of nitrogens with one attached hydrogen (secondary N) is 1. The van der Waals surface area contributed by atoms with Crippen molar-refractivity contribution in [3.05, 3.63) is 57.6 Å². The van der Waals surface area contributed by atoms with Crippen LogP contribution in [-0.4, -0.2) is 23.8 Å². The first kappa shape index (κ1) is 16.8. The molecule has 7 heteroatoms. The Morgan fingerprint density at radius 1 is 1.44 bits per heavy atom. The Bertz CT molecular complexity index is 820. The van der Waals surface area contributed by atoms with E-state index in [0.29, 0.717) is 18.0 Å². The molecule has 0 radical (unpaired) electrons. The van der Waals surface area contributed by atoms with Crippen LogP contribution in [0.15, 0.2) is 41.5 Å². The average molecular weight is 341 g/mol. The number of nitro groups is 1. The van der Waals surface area contributed by atoms with Crippen molar-refractivity contribution < 1.29 is 14.4 Å². The van der Waals surface area contributed by atoms with Crippen molar-refractivity contribution in [1.82, 2.24) is 0 Å². The molecule has 0 saturated heterocycles. The fourth-order valence-electron chi connectivity index (χ4n) is 2.74. The number of nitro benzene ring substituents is 1. The maximum atomic E-state index is 11.0. The summed E-state index contributed by atoms with van der Waals surface area (Å²) in [4.78, 5) is 10.6. The van der Waals surface area contributed by atoms with Gasteiger partial charge in [-0.1, -0.05) is 12.1 Å². The van der Waals surface area contributed by atoms with Gasteiger partial charge in [-0.3, -0.25) is 15.5 Å². The fraction of sp³-hybridized carbons (Fsp3) is 0.278. The van der Waals surface area contributed by atoms with Gasteiger partial charge < -0.3 is 9.47 Å². The monoisotopic (exact) mass is 341 g/mol. The largest absolute Gasteiger partial charge is 0.493 e. The van der Waals surface area contributed by atoms with Crippen LogP contribution in [0.4, 0.5) is 11.4 Å². The molecule has 1 N–H and O–H groups in total. The molecule has 1 aliphatic heterocycles. The molecule has 1 atom stereocenters. The number of rotatable bonds is 6. The Labute approximate surface area is 145 Å². The summed E-state index contributed by atoms with van der Waals surface area (Å²) in [5.74, 6) is 1.54. The van der Waals surface area contributed by atoms with Gasteiger partial charge in [0, 0.05) is 23.6 Å². The van der Waals surface area contributed by atoms with Crippen LogP contribution < -0.4 is 14.9 Å². The molecule has 0 spiro atoms. The zero-order valence-corrected chi connectivity index (χ0v) is 14.1. The second kappa shape index (κ2) is 7.21. The first-order valence-electron chi connectivity index (χ1n) is 8.07. The van der Waals surface area contributed by atoms with E-state index in [9.17, 15) is 10.1 Å². The van der Waals surface area contributed by atoms with Crippen LogP contribution in [0.3, 0.4) is 0 Å². The maximum Gasteiger partial charge on any atom is 0.294 e. The summed E-state index contributed by atoms with van der Waals surface area (Å²) in [6.07, 6.45) is 2.57. The van der Waals surface area contributed by atoms with Gasteiger partial charge in [0.1, 0.15) is 23.3 Å². The summed E-state index contributed by atoms with van der Waals surface area (Å²) >= 11 is 0. The molecule has 25 heavy (non-hydrogen) atoms. The highest BCUT2D eigenvalue weighted by Gasteiger charge is 2.21. The third-order valence-corrected chi connectivity index (χ3v) is 3.82. The van der Waals surface area contributed by atoms with Crippen molar-refractivity contribution in [2.75, 3.05) is 12.0 Å². The van der Waals surface area contributed by atoms with Crippen LogP contribution in [0.1, 0.15) is 25.0 Å². The van der Waals surface area contributed by atoms with Gasteiger partial charge >= 0.3 is 0 Å². The number of hydrogen-bond acceptors (Lipinski definition) is 6. The summed E-state index contributed by atoms with van der Waals surface area (Å²) in [7, 11) is 0. The van der Waals surface area contributed by atoms with Gasteiger partial charge in [0.05, 0.1) is 17.7 Å². The molecular formula is C18H19N3O4. The zero-order chi connectivity index (χ0) is 17.8. The lowest BCUT2D eigenvalue weighted by Gasteiger charge is -2.09. The average Bonchev–Trinajstić information content (AvgIpc) is 2.94. The van der Waals surface area contributed by atoms with Crippen molar-refractivity contribution in [2.24, 2.45) is 5.10 Å². The third-order valence-electron chi connectivity index (χ3n) is 3.82. The smallest absolute Gasteiger partial charge is 0.294 e. The van der Waals surface area contributed by atoms with E-state index >= 15 is 0 Å². The van der Waals surface area contributed by atoms with Gasteiger partial charge in [-0.25, -0.2) is 0 Å². The highest BCUT2D eigenvalue weighted by atomic mass is 16.6. The van der Waals surface area contributed by atoms with Gasteiger partial charge in [0.25, 0.3) is 5.69 Å². The first-order valence-corrected chi connectivity index (χ1v) is 8.07. The Hall–Kier alpha value is -3.09. The van der Waals surface area contributed by atoms with Crippen molar-refractivity contribution in [1.29, 1.82) is 0 Å². The zero-order valence-electron chi connectivity index (χ0n) is 14.1. The highest BCUT2D eigenvalue weighted by molar-refractivity contribution is 5.85. The molecule has 1 aliphatic rings. The standard InChI is InChI=1S/C18H19N3O4/c1-3-24-17-9-13-8-12(2)25-18(13)10-14(17)11-19-20-15-6-4-5-7-16(15)21(22)23/h4-7,9-12,20H,3,8H2,1-2H3/b19-11-/t12-/m1/s1. The SMILES string of the molecule is CCOc1cc2c(cc1/C=N\Nc1ccccc1[N+](=O)[O-])O[C@H](C)C2. The van der Waals surface area contributed by atoms with Crippen LogP contribution in [0.5, 0.6) is 11.5 Å². The quantitative estimate of drug-likeness (QED) is 0.491. The van der Waals surface area contributed by atoms with Gasteiger partial charge in [0.15, 0.2) is 0 Å². The predicted octanol–water partition coefficient (Wildman–Crippen LogP) is 3.76. The van der Waals surface area contributed by atoms with Gasteiger partial charge in [0.2, 0.25) is 0 Å². The molecule has 0 bridgehead atoms. The summed E-state index contributed by atoms with van der Waals surface area (Å²) in [5, 5.41) is 15.2. The fourth-order valence-corrected chi connectivity index (χ4v) is 2.74. The Morgan fingerprint density at radius 3 is 3.00 bits per heavy atom.